The lowest BCUT2D eigenvalue weighted by molar-refractivity contribution is -0.143. The number of hydrogen-bond donors (Lipinski definition) is 1. The van der Waals surface area contributed by atoms with Crippen molar-refractivity contribution < 1.29 is 14.6 Å². The summed E-state index contributed by atoms with van der Waals surface area (Å²) < 4.78 is 5.85. The summed E-state index contributed by atoms with van der Waals surface area (Å²) in [6.45, 7) is 3.10. The molecular formula is C16H30O3. The Morgan fingerprint density at radius 3 is 2.16 bits per heavy atom. The molecule has 0 amide bonds. The van der Waals surface area contributed by atoms with Crippen molar-refractivity contribution in [3.05, 3.63) is 0 Å². The molecule has 0 saturated heterocycles. The van der Waals surface area contributed by atoms with Gasteiger partial charge in [0.15, 0.2) is 0 Å². The summed E-state index contributed by atoms with van der Waals surface area (Å²) in [5, 5.41) is 8.92. The molecular weight excluding hydrogens is 240 g/mol. The van der Waals surface area contributed by atoms with E-state index < -0.39 is 5.97 Å². The summed E-state index contributed by atoms with van der Waals surface area (Å²) in [7, 11) is 0. The average Bonchev–Trinajstić information content (AvgIpc) is 2.42. The predicted molar refractivity (Wildman–Crippen MR) is 77.3 cm³/mol. The second-order valence-corrected chi connectivity index (χ2v) is 5.80. The smallest absolute Gasteiger partial charge is 0.306 e. The maximum absolute atomic E-state index is 10.8. The Bertz CT molecular complexity index is 232. The predicted octanol–water partition coefficient (Wildman–Crippen LogP) is 4.40. The van der Waals surface area contributed by atoms with Gasteiger partial charge in [-0.25, -0.2) is 0 Å². The van der Waals surface area contributed by atoms with E-state index in [9.17, 15) is 4.79 Å². The quantitative estimate of drug-likeness (QED) is 0.599. The number of ether oxygens (including phenoxy) is 1. The molecule has 19 heavy (non-hydrogen) atoms. The van der Waals surface area contributed by atoms with Gasteiger partial charge in [0.1, 0.15) is 0 Å². The Labute approximate surface area is 117 Å². The Kier molecular flexibility index (Phi) is 8.89. The fraction of sp³-hybridized carbons (Fsp3) is 0.938. The molecule has 3 heteroatoms. The van der Waals surface area contributed by atoms with E-state index in [0.717, 1.165) is 38.7 Å². The summed E-state index contributed by atoms with van der Waals surface area (Å²) in [6, 6.07) is 0. The standard InChI is InChI=1S/C16H30O3/c1-2-3-4-5-6-7-8-13-19-15-11-9-14(10-12-15)16(17)18/h14-15H,2-13H2,1H3,(H,17,18). The lowest BCUT2D eigenvalue weighted by Gasteiger charge is -2.26. The van der Waals surface area contributed by atoms with Crippen molar-refractivity contribution in [3.63, 3.8) is 0 Å². The molecule has 1 saturated carbocycles. The SMILES string of the molecule is CCCCCCCCCOC1CCC(C(=O)O)CC1. The lowest BCUT2D eigenvalue weighted by atomic mass is 9.87. The van der Waals surface area contributed by atoms with Gasteiger partial charge in [-0.1, -0.05) is 45.4 Å². The van der Waals surface area contributed by atoms with Crippen LogP contribution in [0.4, 0.5) is 0 Å². The molecule has 1 rings (SSSR count). The van der Waals surface area contributed by atoms with Gasteiger partial charge in [0, 0.05) is 6.61 Å². The lowest BCUT2D eigenvalue weighted by Crippen LogP contribution is -2.26. The van der Waals surface area contributed by atoms with Gasteiger partial charge in [-0.2, -0.15) is 0 Å². The van der Waals surface area contributed by atoms with Crippen LogP contribution in [0.3, 0.4) is 0 Å². The highest BCUT2D eigenvalue weighted by molar-refractivity contribution is 5.70. The normalized spacial score (nSPS) is 23.4. The first kappa shape index (κ1) is 16.5. The summed E-state index contributed by atoms with van der Waals surface area (Å²) in [5.41, 5.74) is 0. The zero-order chi connectivity index (χ0) is 13.9. The molecule has 0 radical (unpaired) electrons. The number of rotatable bonds is 10. The molecule has 0 aromatic heterocycles. The summed E-state index contributed by atoms with van der Waals surface area (Å²) in [6.07, 6.45) is 12.9. The van der Waals surface area contributed by atoms with E-state index in [2.05, 4.69) is 6.92 Å². The molecule has 0 aromatic carbocycles. The molecule has 1 N–H and O–H groups in total. The maximum atomic E-state index is 10.8. The van der Waals surface area contributed by atoms with Gasteiger partial charge in [0.05, 0.1) is 12.0 Å². The van der Waals surface area contributed by atoms with Gasteiger partial charge in [0.2, 0.25) is 0 Å². The minimum Gasteiger partial charge on any atom is -0.481 e. The van der Waals surface area contributed by atoms with Crippen LogP contribution in [0, 0.1) is 5.92 Å². The van der Waals surface area contributed by atoms with Gasteiger partial charge < -0.3 is 9.84 Å². The summed E-state index contributed by atoms with van der Waals surface area (Å²) in [4.78, 5) is 10.8. The number of carboxylic acid groups (broad SMARTS) is 1. The highest BCUT2D eigenvalue weighted by Crippen LogP contribution is 2.26. The van der Waals surface area contributed by atoms with Crippen LogP contribution in [0.25, 0.3) is 0 Å². The van der Waals surface area contributed by atoms with Crippen LogP contribution in [0.1, 0.15) is 77.6 Å². The van der Waals surface area contributed by atoms with Crippen molar-refractivity contribution in [2.24, 2.45) is 5.92 Å². The molecule has 112 valence electrons. The summed E-state index contributed by atoms with van der Waals surface area (Å²) >= 11 is 0. The molecule has 0 aromatic rings. The molecule has 1 fully saturated rings. The van der Waals surface area contributed by atoms with Crippen molar-refractivity contribution in [2.45, 2.75) is 83.7 Å². The molecule has 0 unspecified atom stereocenters. The third-order valence-corrected chi connectivity index (χ3v) is 4.12. The summed E-state index contributed by atoms with van der Waals surface area (Å²) in [5.74, 6) is -0.760. The molecule has 1 aliphatic carbocycles. The van der Waals surface area contributed by atoms with E-state index in [1.165, 1.54) is 38.5 Å². The fourth-order valence-electron chi connectivity index (χ4n) is 2.79. The number of hydrogen-bond acceptors (Lipinski definition) is 2. The minimum absolute atomic E-state index is 0.126. The van der Waals surface area contributed by atoms with Crippen molar-refractivity contribution in [1.29, 1.82) is 0 Å². The highest BCUT2D eigenvalue weighted by Gasteiger charge is 2.25. The van der Waals surface area contributed by atoms with Gasteiger partial charge >= 0.3 is 5.97 Å². The van der Waals surface area contributed by atoms with Crippen LogP contribution < -0.4 is 0 Å². The third-order valence-electron chi connectivity index (χ3n) is 4.12. The third kappa shape index (κ3) is 7.56. The largest absolute Gasteiger partial charge is 0.481 e. The van der Waals surface area contributed by atoms with Gasteiger partial charge in [-0.3, -0.25) is 4.79 Å². The number of carbonyl (C=O) groups is 1. The highest BCUT2D eigenvalue weighted by atomic mass is 16.5. The van der Waals surface area contributed by atoms with Crippen molar-refractivity contribution in [2.75, 3.05) is 6.61 Å². The van der Waals surface area contributed by atoms with E-state index in [-0.39, 0.29) is 5.92 Å². The van der Waals surface area contributed by atoms with E-state index in [1.807, 2.05) is 0 Å². The van der Waals surface area contributed by atoms with Crippen molar-refractivity contribution in [3.8, 4) is 0 Å². The molecule has 3 nitrogen and oxygen atoms in total. The average molecular weight is 270 g/mol. The van der Waals surface area contributed by atoms with Gasteiger partial charge in [-0.05, 0) is 32.1 Å². The van der Waals surface area contributed by atoms with Gasteiger partial charge in [-0.15, -0.1) is 0 Å². The van der Waals surface area contributed by atoms with Crippen LogP contribution in [-0.4, -0.2) is 23.8 Å². The first-order valence-corrected chi connectivity index (χ1v) is 8.08. The molecule has 0 spiro atoms. The van der Waals surface area contributed by atoms with Crippen LogP contribution in [0.2, 0.25) is 0 Å². The van der Waals surface area contributed by atoms with Crippen molar-refractivity contribution in [1.82, 2.24) is 0 Å². The fourth-order valence-corrected chi connectivity index (χ4v) is 2.79. The first-order chi connectivity index (χ1) is 9.24. The Balaban J connectivity index is 1.89. The van der Waals surface area contributed by atoms with E-state index in [1.54, 1.807) is 0 Å². The Morgan fingerprint density at radius 2 is 1.58 bits per heavy atom. The van der Waals surface area contributed by atoms with E-state index in [0.29, 0.717) is 6.10 Å². The molecule has 0 heterocycles. The van der Waals surface area contributed by atoms with E-state index >= 15 is 0 Å². The zero-order valence-corrected chi connectivity index (χ0v) is 12.4. The second-order valence-electron chi connectivity index (χ2n) is 5.80. The molecule has 1 aliphatic rings. The first-order valence-electron chi connectivity index (χ1n) is 8.08. The monoisotopic (exact) mass is 270 g/mol. The molecule has 0 bridgehead atoms. The minimum atomic E-state index is -0.634. The van der Waals surface area contributed by atoms with Crippen LogP contribution in [0.5, 0.6) is 0 Å². The van der Waals surface area contributed by atoms with Crippen LogP contribution in [-0.2, 0) is 9.53 Å². The van der Waals surface area contributed by atoms with Crippen LogP contribution >= 0.6 is 0 Å². The van der Waals surface area contributed by atoms with E-state index in [4.69, 9.17) is 9.84 Å². The van der Waals surface area contributed by atoms with Crippen molar-refractivity contribution >= 4 is 5.97 Å². The maximum Gasteiger partial charge on any atom is 0.306 e. The molecule has 0 aliphatic heterocycles. The second kappa shape index (κ2) is 10.2. The topological polar surface area (TPSA) is 46.5 Å². The number of aliphatic carboxylic acids is 1. The Hall–Kier alpha value is -0.570. The number of carboxylic acids is 1. The zero-order valence-electron chi connectivity index (χ0n) is 12.4. The van der Waals surface area contributed by atoms with Crippen LogP contribution in [0.15, 0.2) is 0 Å². The number of unbranched alkanes of at least 4 members (excludes halogenated alkanes) is 6. The Morgan fingerprint density at radius 1 is 1.00 bits per heavy atom. The molecule has 0 atom stereocenters. The van der Waals surface area contributed by atoms with Gasteiger partial charge in [0.25, 0.3) is 0 Å².